The summed E-state index contributed by atoms with van der Waals surface area (Å²) in [4.78, 5) is 2.52. The number of fused-ring (bicyclic) bond motifs is 1. The van der Waals surface area contributed by atoms with Gasteiger partial charge < -0.3 is 9.88 Å². The molecule has 1 aromatic heterocycles. The Labute approximate surface area is 164 Å². The van der Waals surface area contributed by atoms with Crippen molar-refractivity contribution in [3.63, 3.8) is 0 Å². The lowest BCUT2D eigenvalue weighted by Crippen LogP contribution is -2.31. The van der Waals surface area contributed by atoms with Crippen LogP contribution >= 0.6 is 0 Å². The molecule has 2 aromatic carbocycles. The Bertz CT molecular complexity index is 965. The van der Waals surface area contributed by atoms with E-state index in [2.05, 4.69) is 49.2 Å². The molecule has 0 radical (unpaired) electrons. The molecule has 1 fully saturated rings. The van der Waals surface area contributed by atoms with Crippen LogP contribution in [0.15, 0.2) is 48.5 Å². The molecule has 1 N–H and O–H groups in total. The Kier molecular flexibility index (Phi) is 4.66. The smallest absolute Gasteiger partial charge is 0.150 e. The van der Waals surface area contributed by atoms with Gasteiger partial charge in [0.2, 0.25) is 0 Å². The number of benzene rings is 2. The van der Waals surface area contributed by atoms with Crippen LogP contribution in [0, 0.1) is 5.82 Å². The monoisotopic (exact) mass is 377 g/mol. The van der Waals surface area contributed by atoms with Crippen LogP contribution in [0.3, 0.4) is 0 Å². The summed E-state index contributed by atoms with van der Waals surface area (Å²) < 4.78 is 15.5. The SMILES string of the molecule is Fc1ccc(-c2cccc(CN3CCCC3c3nnc4n3CCNC4)c2)cc1. The van der Waals surface area contributed by atoms with Gasteiger partial charge in [0.1, 0.15) is 11.6 Å². The molecule has 0 saturated carbocycles. The van der Waals surface area contributed by atoms with E-state index in [-0.39, 0.29) is 5.82 Å². The molecule has 1 saturated heterocycles. The molecule has 144 valence electrons. The first-order chi connectivity index (χ1) is 13.8. The number of hydrogen-bond acceptors (Lipinski definition) is 4. The quantitative estimate of drug-likeness (QED) is 0.756. The molecular formula is C22H24FN5. The van der Waals surface area contributed by atoms with Crippen LogP contribution in [0.2, 0.25) is 0 Å². The topological polar surface area (TPSA) is 46.0 Å². The van der Waals surface area contributed by atoms with Crippen molar-refractivity contribution in [2.45, 2.75) is 38.5 Å². The molecule has 2 aliphatic rings. The van der Waals surface area contributed by atoms with Gasteiger partial charge in [-0.3, -0.25) is 4.90 Å². The number of halogens is 1. The highest BCUT2D eigenvalue weighted by atomic mass is 19.1. The fourth-order valence-electron chi connectivity index (χ4n) is 4.39. The van der Waals surface area contributed by atoms with Crippen molar-refractivity contribution in [2.24, 2.45) is 0 Å². The van der Waals surface area contributed by atoms with Gasteiger partial charge in [0.15, 0.2) is 5.82 Å². The zero-order valence-corrected chi connectivity index (χ0v) is 15.8. The zero-order chi connectivity index (χ0) is 18.9. The number of likely N-dealkylation sites (tertiary alicyclic amines) is 1. The molecule has 0 amide bonds. The molecule has 28 heavy (non-hydrogen) atoms. The van der Waals surface area contributed by atoms with E-state index in [9.17, 15) is 4.39 Å². The summed E-state index contributed by atoms with van der Waals surface area (Å²) >= 11 is 0. The maximum atomic E-state index is 13.2. The highest BCUT2D eigenvalue weighted by Gasteiger charge is 2.31. The summed E-state index contributed by atoms with van der Waals surface area (Å²) in [6.07, 6.45) is 2.31. The Morgan fingerprint density at radius 3 is 2.82 bits per heavy atom. The molecule has 0 spiro atoms. The van der Waals surface area contributed by atoms with E-state index >= 15 is 0 Å². The van der Waals surface area contributed by atoms with Gasteiger partial charge in [-0.2, -0.15) is 0 Å². The number of hydrogen-bond donors (Lipinski definition) is 1. The highest BCUT2D eigenvalue weighted by molar-refractivity contribution is 5.64. The van der Waals surface area contributed by atoms with E-state index in [1.807, 2.05) is 12.1 Å². The first kappa shape index (κ1) is 17.5. The average molecular weight is 377 g/mol. The molecule has 3 aromatic rings. The maximum absolute atomic E-state index is 13.2. The standard InChI is InChI=1S/C22H24FN5/c23-19-8-6-17(7-9-19)18-4-1-3-16(13-18)15-27-11-2-5-20(27)22-26-25-21-14-24-10-12-28(21)22/h1,3-4,6-9,13,20,24H,2,5,10-12,14-15H2. The minimum absolute atomic E-state index is 0.202. The number of aromatic nitrogens is 3. The van der Waals surface area contributed by atoms with Crippen molar-refractivity contribution in [2.75, 3.05) is 13.1 Å². The Morgan fingerprint density at radius 1 is 1.04 bits per heavy atom. The van der Waals surface area contributed by atoms with Gasteiger partial charge >= 0.3 is 0 Å². The van der Waals surface area contributed by atoms with Crippen molar-refractivity contribution >= 4 is 0 Å². The lowest BCUT2D eigenvalue weighted by Gasteiger charge is -2.26. The Morgan fingerprint density at radius 2 is 1.93 bits per heavy atom. The Balaban J connectivity index is 1.37. The second kappa shape index (κ2) is 7.45. The lowest BCUT2D eigenvalue weighted by molar-refractivity contribution is 0.233. The molecule has 5 rings (SSSR count). The van der Waals surface area contributed by atoms with E-state index in [1.165, 1.54) is 24.1 Å². The summed E-state index contributed by atoms with van der Waals surface area (Å²) in [7, 11) is 0. The lowest BCUT2D eigenvalue weighted by atomic mass is 10.0. The van der Waals surface area contributed by atoms with Crippen LogP contribution in [0.4, 0.5) is 4.39 Å². The molecular weight excluding hydrogens is 353 g/mol. The van der Waals surface area contributed by atoms with Gasteiger partial charge in [-0.05, 0) is 54.3 Å². The van der Waals surface area contributed by atoms with Crippen molar-refractivity contribution < 1.29 is 4.39 Å². The highest BCUT2D eigenvalue weighted by Crippen LogP contribution is 2.33. The van der Waals surface area contributed by atoms with Crippen molar-refractivity contribution in [1.82, 2.24) is 25.0 Å². The minimum atomic E-state index is -0.202. The van der Waals surface area contributed by atoms with Gasteiger partial charge in [0, 0.05) is 19.6 Å². The summed E-state index contributed by atoms with van der Waals surface area (Å²) in [5.41, 5.74) is 3.44. The number of rotatable bonds is 4. The van der Waals surface area contributed by atoms with Crippen LogP contribution in [-0.2, 0) is 19.6 Å². The van der Waals surface area contributed by atoms with Crippen LogP contribution < -0.4 is 5.32 Å². The van der Waals surface area contributed by atoms with Gasteiger partial charge in [0.05, 0.1) is 12.6 Å². The van der Waals surface area contributed by atoms with E-state index in [4.69, 9.17) is 0 Å². The fourth-order valence-corrected chi connectivity index (χ4v) is 4.39. The third-order valence-corrected chi connectivity index (χ3v) is 5.80. The number of nitrogens with one attached hydrogen (secondary N) is 1. The summed E-state index contributed by atoms with van der Waals surface area (Å²) in [5.74, 6) is 1.96. The second-order valence-electron chi connectivity index (χ2n) is 7.64. The molecule has 1 unspecified atom stereocenters. The van der Waals surface area contributed by atoms with Crippen LogP contribution in [-0.4, -0.2) is 32.8 Å². The molecule has 2 aliphatic heterocycles. The Hall–Kier alpha value is -2.57. The van der Waals surface area contributed by atoms with Gasteiger partial charge in [-0.25, -0.2) is 4.39 Å². The van der Waals surface area contributed by atoms with Crippen LogP contribution in [0.25, 0.3) is 11.1 Å². The fraction of sp³-hybridized carbons (Fsp3) is 0.364. The second-order valence-corrected chi connectivity index (χ2v) is 7.64. The third-order valence-electron chi connectivity index (χ3n) is 5.80. The maximum Gasteiger partial charge on any atom is 0.150 e. The van der Waals surface area contributed by atoms with E-state index < -0.39 is 0 Å². The normalized spacial score (nSPS) is 19.7. The summed E-state index contributed by atoms with van der Waals surface area (Å²) in [5, 5.41) is 12.3. The van der Waals surface area contributed by atoms with Crippen molar-refractivity contribution in [3.8, 4) is 11.1 Å². The minimum Gasteiger partial charge on any atom is -0.311 e. The largest absolute Gasteiger partial charge is 0.311 e. The average Bonchev–Trinajstić information content (AvgIpc) is 3.35. The summed E-state index contributed by atoms with van der Waals surface area (Å²) in [6, 6.07) is 15.6. The van der Waals surface area contributed by atoms with Gasteiger partial charge in [-0.1, -0.05) is 30.3 Å². The molecule has 1 atom stereocenters. The molecule has 0 aliphatic carbocycles. The first-order valence-electron chi connectivity index (χ1n) is 9.99. The van der Waals surface area contributed by atoms with E-state index in [1.54, 1.807) is 0 Å². The van der Waals surface area contributed by atoms with E-state index in [0.29, 0.717) is 6.04 Å². The van der Waals surface area contributed by atoms with Crippen molar-refractivity contribution in [3.05, 3.63) is 71.6 Å². The molecule has 6 heteroatoms. The predicted octanol–water partition coefficient (Wildman–Crippen LogP) is 3.52. The van der Waals surface area contributed by atoms with Crippen molar-refractivity contribution in [1.29, 1.82) is 0 Å². The molecule has 3 heterocycles. The first-order valence-corrected chi connectivity index (χ1v) is 9.99. The molecule has 5 nitrogen and oxygen atoms in total. The zero-order valence-electron chi connectivity index (χ0n) is 15.8. The molecule has 0 bridgehead atoms. The number of nitrogens with zero attached hydrogens (tertiary/aromatic N) is 4. The van der Waals surface area contributed by atoms with Crippen LogP contribution in [0.5, 0.6) is 0 Å². The third kappa shape index (κ3) is 3.34. The summed E-state index contributed by atoms with van der Waals surface area (Å²) in [6.45, 7) is 4.69. The van der Waals surface area contributed by atoms with Gasteiger partial charge in [-0.15, -0.1) is 10.2 Å². The predicted molar refractivity (Wildman–Crippen MR) is 106 cm³/mol. The van der Waals surface area contributed by atoms with E-state index in [0.717, 1.165) is 61.9 Å². The van der Waals surface area contributed by atoms with Gasteiger partial charge in [0.25, 0.3) is 0 Å². The van der Waals surface area contributed by atoms with Crippen LogP contribution in [0.1, 0.15) is 36.1 Å².